The molecule has 0 bridgehead atoms. The average Bonchev–Trinajstić information content (AvgIpc) is 2.89. The zero-order valence-electron chi connectivity index (χ0n) is 13.1. The van der Waals surface area contributed by atoms with Crippen LogP contribution in [0.1, 0.15) is 37.7 Å². The van der Waals surface area contributed by atoms with E-state index < -0.39 is 0 Å². The van der Waals surface area contributed by atoms with Gasteiger partial charge in [0.15, 0.2) is 5.79 Å². The molecule has 2 amide bonds. The molecule has 0 radical (unpaired) electrons. The zero-order valence-corrected chi connectivity index (χ0v) is 13.1. The number of benzene rings is 1. The first kappa shape index (κ1) is 15.3. The molecule has 1 aliphatic heterocycles. The van der Waals surface area contributed by atoms with E-state index in [4.69, 9.17) is 9.47 Å². The van der Waals surface area contributed by atoms with Gasteiger partial charge >= 0.3 is 6.03 Å². The minimum Gasteiger partial charge on any atom is -0.347 e. The Kier molecular flexibility index (Phi) is 4.64. The molecule has 3 rings (SSSR count). The van der Waals surface area contributed by atoms with Crippen molar-refractivity contribution in [2.45, 2.75) is 50.9 Å². The second kappa shape index (κ2) is 6.67. The number of rotatable bonds is 3. The molecular formula is C17H24N2O3. The van der Waals surface area contributed by atoms with Crippen LogP contribution < -0.4 is 10.6 Å². The highest BCUT2D eigenvalue weighted by atomic mass is 16.7. The summed E-state index contributed by atoms with van der Waals surface area (Å²) < 4.78 is 11.9. The summed E-state index contributed by atoms with van der Waals surface area (Å²) in [6.07, 6.45) is 5.47. The summed E-state index contributed by atoms with van der Waals surface area (Å²) in [6.45, 7) is 3.03. The number of aryl methyl sites for hydroxylation is 1. The Morgan fingerprint density at radius 3 is 2.91 bits per heavy atom. The van der Waals surface area contributed by atoms with Crippen molar-refractivity contribution in [2.75, 3.05) is 18.5 Å². The topological polar surface area (TPSA) is 59.6 Å². The fourth-order valence-corrected chi connectivity index (χ4v) is 3.17. The Hall–Kier alpha value is -1.59. The molecule has 120 valence electrons. The van der Waals surface area contributed by atoms with E-state index >= 15 is 0 Å². The van der Waals surface area contributed by atoms with Gasteiger partial charge in [-0.2, -0.15) is 0 Å². The van der Waals surface area contributed by atoms with E-state index in [1.807, 2.05) is 31.2 Å². The minimum atomic E-state index is -0.377. The second-order valence-electron chi connectivity index (χ2n) is 6.23. The van der Waals surface area contributed by atoms with Crippen molar-refractivity contribution in [2.24, 2.45) is 0 Å². The first-order valence-corrected chi connectivity index (χ1v) is 8.09. The SMILES string of the molecule is Cc1cccc(NC(=O)NC[C@H]2COC3(CCCCC3)O2)c1. The molecule has 22 heavy (non-hydrogen) atoms. The molecule has 1 saturated carbocycles. The van der Waals surface area contributed by atoms with E-state index in [1.54, 1.807) is 0 Å². The van der Waals surface area contributed by atoms with Crippen LogP contribution in [0.2, 0.25) is 0 Å². The number of carbonyl (C=O) groups excluding carboxylic acids is 1. The predicted octanol–water partition coefficient (Wildman–Crippen LogP) is 3.19. The summed E-state index contributed by atoms with van der Waals surface area (Å²) in [5, 5.41) is 5.69. The van der Waals surface area contributed by atoms with Crippen LogP contribution in [0.3, 0.4) is 0 Å². The molecular weight excluding hydrogens is 280 g/mol. The Balaban J connectivity index is 1.44. The standard InChI is InChI=1S/C17H24N2O3/c1-13-6-5-7-14(10-13)19-16(20)18-11-15-12-21-17(22-15)8-3-2-4-9-17/h5-7,10,15H,2-4,8-9,11-12H2,1H3,(H2,18,19,20)/t15-/m0/s1. The summed E-state index contributed by atoms with van der Waals surface area (Å²) in [4.78, 5) is 11.9. The number of anilines is 1. The van der Waals surface area contributed by atoms with Crippen LogP contribution in [0, 0.1) is 6.92 Å². The van der Waals surface area contributed by atoms with Crippen molar-refractivity contribution in [3.8, 4) is 0 Å². The Morgan fingerprint density at radius 1 is 1.32 bits per heavy atom. The van der Waals surface area contributed by atoms with Crippen LogP contribution in [0.25, 0.3) is 0 Å². The van der Waals surface area contributed by atoms with Crippen LogP contribution in [-0.2, 0) is 9.47 Å². The molecule has 1 aromatic carbocycles. The van der Waals surface area contributed by atoms with Gasteiger partial charge in [-0.25, -0.2) is 4.79 Å². The van der Waals surface area contributed by atoms with Gasteiger partial charge in [-0.3, -0.25) is 0 Å². The Morgan fingerprint density at radius 2 is 2.14 bits per heavy atom. The summed E-state index contributed by atoms with van der Waals surface area (Å²) in [6, 6.07) is 7.52. The lowest BCUT2D eigenvalue weighted by Crippen LogP contribution is -2.38. The monoisotopic (exact) mass is 304 g/mol. The molecule has 1 aromatic rings. The maximum Gasteiger partial charge on any atom is 0.319 e. The maximum atomic E-state index is 11.9. The normalized spacial score (nSPS) is 23.4. The van der Waals surface area contributed by atoms with Gasteiger partial charge in [0.1, 0.15) is 6.10 Å². The van der Waals surface area contributed by atoms with E-state index in [0.29, 0.717) is 13.2 Å². The van der Waals surface area contributed by atoms with Crippen LogP contribution >= 0.6 is 0 Å². The third-order valence-electron chi connectivity index (χ3n) is 4.30. The van der Waals surface area contributed by atoms with Gasteiger partial charge in [-0.1, -0.05) is 18.6 Å². The molecule has 1 spiro atoms. The molecule has 2 fully saturated rings. The molecule has 1 atom stereocenters. The van der Waals surface area contributed by atoms with Crippen LogP contribution in [-0.4, -0.2) is 31.1 Å². The highest BCUT2D eigenvalue weighted by Gasteiger charge is 2.42. The molecule has 5 nitrogen and oxygen atoms in total. The van der Waals surface area contributed by atoms with Crippen molar-refractivity contribution in [1.82, 2.24) is 5.32 Å². The number of ether oxygens (including phenoxy) is 2. The van der Waals surface area contributed by atoms with Gasteiger partial charge in [0.05, 0.1) is 6.61 Å². The van der Waals surface area contributed by atoms with Crippen molar-refractivity contribution in [3.05, 3.63) is 29.8 Å². The highest BCUT2D eigenvalue weighted by molar-refractivity contribution is 5.89. The van der Waals surface area contributed by atoms with Gasteiger partial charge in [0.25, 0.3) is 0 Å². The van der Waals surface area contributed by atoms with E-state index in [-0.39, 0.29) is 17.9 Å². The highest BCUT2D eigenvalue weighted by Crippen LogP contribution is 2.37. The molecule has 1 saturated heterocycles. The van der Waals surface area contributed by atoms with Crippen LogP contribution in [0.5, 0.6) is 0 Å². The predicted molar refractivity (Wildman–Crippen MR) is 84.8 cm³/mol. The van der Waals surface area contributed by atoms with E-state index in [9.17, 15) is 4.79 Å². The maximum absolute atomic E-state index is 11.9. The van der Waals surface area contributed by atoms with Gasteiger partial charge in [-0.15, -0.1) is 0 Å². The van der Waals surface area contributed by atoms with E-state index in [1.165, 1.54) is 6.42 Å². The molecule has 2 aliphatic rings. The zero-order chi connectivity index (χ0) is 15.4. The van der Waals surface area contributed by atoms with E-state index in [0.717, 1.165) is 36.9 Å². The lowest BCUT2D eigenvalue weighted by atomic mass is 9.94. The molecule has 0 aromatic heterocycles. The molecule has 1 heterocycles. The van der Waals surface area contributed by atoms with Gasteiger partial charge in [-0.05, 0) is 37.5 Å². The number of hydrogen-bond acceptors (Lipinski definition) is 3. The number of amides is 2. The molecule has 0 unspecified atom stereocenters. The fourth-order valence-electron chi connectivity index (χ4n) is 3.17. The Labute approximate surface area is 131 Å². The minimum absolute atomic E-state index is 0.0543. The summed E-state index contributed by atoms with van der Waals surface area (Å²) >= 11 is 0. The van der Waals surface area contributed by atoms with Crippen molar-refractivity contribution in [3.63, 3.8) is 0 Å². The fraction of sp³-hybridized carbons (Fsp3) is 0.588. The van der Waals surface area contributed by atoms with Gasteiger partial charge in [0.2, 0.25) is 0 Å². The first-order chi connectivity index (χ1) is 10.7. The van der Waals surface area contributed by atoms with Crippen molar-refractivity contribution < 1.29 is 14.3 Å². The van der Waals surface area contributed by atoms with Gasteiger partial charge < -0.3 is 20.1 Å². The average molecular weight is 304 g/mol. The number of carbonyl (C=O) groups is 1. The first-order valence-electron chi connectivity index (χ1n) is 8.09. The van der Waals surface area contributed by atoms with Gasteiger partial charge in [0, 0.05) is 25.1 Å². The van der Waals surface area contributed by atoms with Crippen molar-refractivity contribution in [1.29, 1.82) is 0 Å². The lowest BCUT2D eigenvalue weighted by Gasteiger charge is -2.31. The van der Waals surface area contributed by atoms with Crippen molar-refractivity contribution >= 4 is 11.7 Å². The van der Waals surface area contributed by atoms with E-state index in [2.05, 4.69) is 10.6 Å². The number of hydrogen-bond donors (Lipinski definition) is 2. The van der Waals surface area contributed by atoms with Crippen LogP contribution in [0.15, 0.2) is 24.3 Å². The Bertz CT molecular complexity index is 526. The smallest absolute Gasteiger partial charge is 0.319 e. The summed E-state index contributed by atoms with van der Waals surface area (Å²) in [7, 11) is 0. The summed E-state index contributed by atoms with van der Waals surface area (Å²) in [5.41, 5.74) is 1.91. The third kappa shape index (κ3) is 3.78. The third-order valence-corrected chi connectivity index (χ3v) is 4.30. The largest absolute Gasteiger partial charge is 0.347 e. The quantitative estimate of drug-likeness (QED) is 0.901. The number of urea groups is 1. The molecule has 5 heteroatoms. The van der Waals surface area contributed by atoms with Crippen LogP contribution in [0.4, 0.5) is 10.5 Å². The summed E-state index contributed by atoms with van der Waals surface area (Å²) in [5.74, 6) is -0.377. The molecule has 2 N–H and O–H groups in total. The lowest BCUT2D eigenvalue weighted by molar-refractivity contribution is -0.186. The second-order valence-corrected chi connectivity index (χ2v) is 6.23. The number of nitrogens with one attached hydrogen (secondary N) is 2. The molecule has 1 aliphatic carbocycles.